The van der Waals surface area contributed by atoms with Gasteiger partial charge in [0.1, 0.15) is 0 Å². The molecule has 0 nitrogen and oxygen atoms in total. The number of hydrogen-bond acceptors (Lipinski definition) is 0. The summed E-state index contributed by atoms with van der Waals surface area (Å²) >= 11 is 0. The lowest BCUT2D eigenvalue weighted by atomic mass is 9.63. The molecule has 10 saturated carbocycles. The van der Waals surface area contributed by atoms with E-state index in [0.717, 1.165) is 67.1 Å². The van der Waals surface area contributed by atoms with Crippen molar-refractivity contribution in [3.8, 4) is 0 Å². The molecule has 0 N–H and O–H groups in total. The molecule has 3 spiro atoms. The second-order valence-corrected chi connectivity index (χ2v) is 31.5. The van der Waals surface area contributed by atoms with Gasteiger partial charge < -0.3 is 0 Å². The molecule has 0 unspecified atom stereocenters. The fourth-order valence-electron chi connectivity index (χ4n) is 15.1. The third kappa shape index (κ3) is 23.1. The summed E-state index contributed by atoms with van der Waals surface area (Å²) in [6, 6.07) is 0. The average molecular weight is 1090 g/mol. The highest BCUT2D eigenvalue weighted by Gasteiger charge is 2.52. The highest BCUT2D eigenvalue weighted by molar-refractivity contribution is 4.91. The lowest BCUT2D eigenvalue weighted by Gasteiger charge is -2.42. The monoisotopic (exact) mass is 1090 g/mol. The summed E-state index contributed by atoms with van der Waals surface area (Å²) in [7, 11) is 0. The van der Waals surface area contributed by atoms with E-state index in [-0.39, 0.29) is 24.6 Å². The van der Waals surface area contributed by atoms with Crippen molar-refractivity contribution in [2.45, 2.75) is 366 Å². The van der Waals surface area contributed by atoms with E-state index in [1.165, 1.54) is 149 Å². The lowest BCUT2D eigenvalue weighted by Crippen LogP contribution is -2.38. The maximum atomic E-state index is 12.5. The predicted molar refractivity (Wildman–Crippen MR) is 317 cm³/mol. The van der Waals surface area contributed by atoms with E-state index >= 15 is 0 Å². The smallest absolute Gasteiger partial charge is 0.171 e. The standard InChI is InChI=1S/C12H22.2C11H20.2C9H15F3.2C9H18/c1-11-5-9-12(10-6-11)7-3-2-4-8-12;2*1-10-4-8-11(9-5-10)6-2-3-7-11;2*1-7-3-5-8(2,6-4-7)9(10,11)12;2*1-8-4-6-9(2,3)7-5-8/h11H,2-10H2,1H3;2*10H,2-9H2,1H3;2*7H,3-6H2,1-2H3;2*8H,4-7H2,1-3H3/i;10D;;7D;;8D;. The largest absolute Gasteiger partial charge is 0.394 e. The highest BCUT2D eigenvalue weighted by atomic mass is 19.4. The third-order valence-electron chi connectivity index (χ3n) is 23.1. The highest BCUT2D eigenvalue weighted by Crippen LogP contribution is 2.54. The van der Waals surface area contributed by atoms with Gasteiger partial charge in [-0.15, -0.1) is 0 Å². The predicted octanol–water partition coefficient (Wildman–Crippen LogP) is 25.6. The first-order valence-corrected chi connectivity index (χ1v) is 32.9. The average Bonchev–Trinajstić information content (AvgIpc) is 4.05. The Labute approximate surface area is 473 Å². The third-order valence-corrected chi connectivity index (χ3v) is 23.1. The van der Waals surface area contributed by atoms with Gasteiger partial charge in [-0.25, -0.2) is 0 Å². The van der Waals surface area contributed by atoms with Crippen molar-refractivity contribution >= 4 is 0 Å². The molecule has 10 fully saturated rings. The summed E-state index contributed by atoms with van der Waals surface area (Å²) in [5, 5.41) is 0. The second-order valence-electron chi connectivity index (χ2n) is 31.5. The summed E-state index contributed by atoms with van der Waals surface area (Å²) in [6.45, 7) is 27.1. The molecule has 0 amide bonds. The van der Waals surface area contributed by atoms with E-state index in [0.29, 0.717) is 47.8 Å². The van der Waals surface area contributed by atoms with E-state index in [9.17, 15) is 26.3 Å². The number of rotatable bonds is 0. The molecule has 0 aromatic heterocycles. The molecular formula is C70H128F6. The Hall–Kier alpha value is -0.420. The van der Waals surface area contributed by atoms with Gasteiger partial charge in [-0.1, -0.05) is 199 Å². The van der Waals surface area contributed by atoms with Crippen molar-refractivity contribution in [2.75, 3.05) is 0 Å². The minimum Gasteiger partial charge on any atom is -0.171 e. The van der Waals surface area contributed by atoms with Crippen LogP contribution in [0.4, 0.5) is 26.3 Å². The summed E-state index contributed by atoms with van der Waals surface area (Å²) in [5.74, 6) is 2.67. The van der Waals surface area contributed by atoms with Crippen LogP contribution in [-0.4, -0.2) is 12.4 Å². The fraction of sp³-hybridized carbons (Fsp3) is 1.00. The van der Waals surface area contributed by atoms with Crippen LogP contribution in [0.2, 0.25) is 0 Å². The summed E-state index contributed by atoms with van der Waals surface area (Å²) in [6.07, 6.45) is 42.1. The van der Waals surface area contributed by atoms with Crippen LogP contribution in [0.3, 0.4) is 0 Å². The molecule has 0 aliphatic heterocycles. The van der Waals surface area contributed by atoms with Crippen LogP contribution >= 0.6 is 0 Å². The first-order valence-electron chi connectivity index (χ1n) is 34.4. The molecule has 0 bridgehead atoms. The minimum absolute atomic E-state index is 0.0894. The molecule has 6 heteroatoms. The Morgan fingerprint density at radius 1 is 0.263 bits per heavy atom. The van der Waals surface area contributed by atoms with Gasteiger partial charge in [-0.2, -0.15) is 26.3 Å². The Bertz CT molecular complexity index is 1640. The molecule has 0 saturated heterocycles. The van der Waals surface area contributed by atoms with Gasteiger partial charge in [0.05, 0.1) is 10.8 Å². The minimum atomic E-state index is -4.11. The molecular weight excluding hydrogens is 955 g/mol. The zero-order valence-electron chi connectivity index (χ0n) is 55.6. The number of hydrogen-bond donors (Lipinski definition) is 0. The fourth-order valence-corrected chi connectivity index (χ4v) is 15.1. The van der Waals surface area contributed by atoms with Crippen LogP contribution in [0.25, 0.3) is 0 Å². The van der Waals surface area contributed by atoms with Gasteiger partial charge in [0.15, 0.2) is 0 Å². The summed E-state index contributed by atoms with van der Waals surface area (Å²) < 4.78 is 98.3. The van der Waals surface area contributed by atoms with Gasteiger partial charge in [-0.3, -0.25) is 0 Å². The van der Waals surface area contributed by atoms with Gasteiger partial charge in [0.25, 0.3) is 0 Å². The lowest BCUT2D eigenvalue weighted by molar-refractivity contribution is -0.230. The van der Waals surface area contributed by atoms with Crippen LogP contribution < -0.4 is 0 Å². The Kier molecular flexibility index (Phi) is 25.1. The first kappa shape index (κ1) is 63.2. The normalized spacial score (nSPS) is 35.1. The molecule has 0 radical (unpaired) electrons. The molecule has 0 heterocycles. The molecule has 10 rings (SSSR count). The Morgan fingerprint density at radius 2 is 0.447 bits per heavy atom. The Balaban J connectivity index is 0.000000199. The van der Waals surface area contributed by atoms with Crippen molar-refractivity contribution in [1.29, 1.82) is 0 Å². The zero-order chi connectivity index (χ0) is 59.3. The number of halogens is 6. The molecule has 0 aromatic rings. The maximum absolute atomic E-state index is 12.5. The van der Waals surface area contributed by atoms with Crippen molar-refractivity contribution in [3.63, 3.8) is 0 Å². The SMILES string of the molecule is CC1CCC(C)(C(F)(F)F)CC1.CC1CCC(C)(C)CC1.CC1CCC2(CCCC2)CC1.CC1CCC2(CCCCC2)CC1.[2H]C1(C)CCC(C)(C(F)(F)F)CC1.[2H]C1(C)CCC(C)(C)CC1.[2H]C1(C)CCC2(CCCC2)CC1. The quantitative estimate of drug-likeness (QED) is 0.212. The zero-order valence-corrected chi connectivity index (χ0v) is 52.6. The van der Waals surface area contributed by atoms with E-state index in [1.54, 1.807) is 58.3 Å². The van der Waals surface area contributed by atoms with Crippen molar-refractivity contribution in [3.05, 3.63) is 0 Å². The number of alkyl halides is 6. The van der Waals surface area contributed by atoms with E-state index in [1.807, 2.05) is 6.92 Å². The Morgan fingerprint density at radius 3 is 0.697 bits per heavy atom. The van der Waals surface area contributed by atoms with Crippen molar-refractivity contribution in [1.82, 2.24) is 0 Å². The van der Waals surface area contributed by atoms with E-state index < -0.39 is 29.1 Å². The van der Waals surface area contributed by atoms with Gasteiger partial charge in [0, 0.05) is 4.11 Å². The van der Waals surface area contributed by atoms with Crippen molar-refractivity contribution in [2.24, 2.45) is 79.3 Å². The topological polar surface area (TPSA) is 0 Å². The van der Waals surface area contributed by atoms with E-state index in [2.05, 4.69) is 62.3 Å². The van der Waals surface area contributed by atoms with Gasteiger partial charge in [-0.05, 0) is 223 Å². The maximum Gasteiger partial charge on any atom is 0.394 e. The molecule has 10 aliphatic rings. The summed E-state index contributed by atoms with van der Waals surface area (Å²) in [4.78, 5) is 0. The van der Waals surface area contributed by atoms with Crippen LogP contribution in [-0.2, 0) is 0 Å². The summed E-state index contributed by atoms with van der Waals surface area (Å²) in [5.41, 5.74) is 0.623. The first-order chi connectivity index (χ1) is 36.3. The van der Waals surface area contributed by atoms with Crippen LogP contribution in [0.1, 0.15) is 357 Å². The van der Waals surface area contributed by atoms with E-state index in [4.69, 9.17) is 4.11 Å². The van der Waals surface area contributed by atoms with Gasteiger partial charge >= 0.3 is 12.4 Å². The van der Waals surface area contributed by atoms with Crippen LogP contribution in [0, 0.1) is 79.3 Å². The van der Waals surface area contributed by atoms with Crippen LogP contribution in [0.15, 0.2) is 0 Å². The van der Waals surface area contributed by atoms with Gasteiger partial charge in [0.2, 0.25) is 0 Å². The van der Waals surface area contributed by atoms with Crippen LogP contribution in [0.5, 0.6) is 0 Å². The molecule has 0 atom stereocenters. The molecule has 10 aliphatic carbocycles. The molecule has 76 heavy (non-hydrogen) atoms. The second kappa shape index (κ2) is 30.2. The molecule has 450 valence electrons. The van der Waals surface area contributed by atoms with Crippen molar-refractivity contribution < 1.29 is 30.5 Å². The molecule has 0 aromatic carbocycles.